The van der Waals surface area contributed by atoms with Crippen LogP contribution in [-0.2, 0) is 4.74 Å². The standard InChI is InChI=1S/C20H33N3O2/c1-6-23(7-2)14-10-12-17(5)21-20(25-8-3)22-19(24)18-13-9-11-16(4)15-18/h9,11,13,15,17H,6-8,10,12,14H2,1-5H3,(H,21,22,24)/p+1/t17-/m1/s1. The van der Waals surface area contributed by atoms with Crippen molar-refractivity contribution >= 4 is 11.9 Å². The van der Waals surface area contributed by atoms with Gasteiger partial charge in [-0.3, -0.25) is 10.1 Å². The average molecular weight is 349 g/mol. The quantitative estimate of drug-likeness (QED) is 0.531. The zero-order valence-corrected chi connectivity index (χ0v) is 16.4. The molecule has 0 aliphatic heterocycles. The molecular weight excluding hydrogens is 314 g/mol. The minimum atomic E-state index is -0.185. The van der Waals surface area contributed by atoms with Crippen molar-refractivity contribution in [2.75, 3.05) is 26.2 Å². The lowest BCUT2D eigenvalue weighted by atomic mass is 10.1. The number of nitrogens with one attached hydrogen (secondary N) is 2. The molecule has 0 aliphatic rings. The smallest absolute Gasteiger partial charge is 0.291 e. The Morgan fingerprint density at radius 3 is 2.60 bits per heavy atom. The fraction of sp³-hybridized carbons (Fsp3) is 0.600. The maximum atomic E-state index is 12.4. The van der Waals surface area contributed by atoms with Crippen molar-refractivity contribution in [2.24, 2.45) is 4.99 Å². The van der Waals surface area contributed by atoms with Crippen LogP contribution in [0, 0.1) is 6.92 Å². The molecule has 0 bridgehead atoms. The van der Waals surface area contributed by atoms with E-state index in [-0.39, 0.29) is 11.9 Å². The van der Waals surface area contributed by atoms with E-state index < -0.39 is 0 Å². The van der Waals surface area contributed by atoms with Crippen molar-refractivity contribution in [1.82, 2.24) is 5.32 Å². The number of carbonyl (C=O) groups excluding carboxylic acids is 1. The third-order valence-electron chi connectivity index (χ3n) is 4.27. The highest BCUT2D eigenvalue weighted by Gasteiger charge is 2.12. The Morgan fingerprint density at radius 1 is 1.28 bits per heavy atom. The molecule has 5 nitrogen and oxygen atoms in total. The topological polar surface area (TPSA) is 55.1 Å². The molecule has 1 rings (SSSR count). The molecule has 140 valence electrons. The molecule has 0 heterocycles. The first kappa shape index (κ1) is 21.2. The van der Waals surface area contributed by atoms with Gasteiger partial charge in [0.2, 0.25) is 0 Å². The van der Waals surface area contributed by atoms with E-state index in [1.165, 1.54) is 0 Å². The minimum absolute atomic E-state index is 0.120. The molecule has 0 fully saturated rings. The second kappa shape index (κ2) is 11.6. The Labute approximate surface area is 152 Å². The van der Waals surface area contributed by atoms with Gasteiger partial charge in [-0.2, -0.15) is 0 Å². The molecule has 0 saturated heterocycles. The molecule has 25 heavy (non-hydrogen) atoms. The summed E-state index contributed by atoms with van der Waals surface area (Å²) >= 11 is 0. The van der Waals surface area contributed by atoms with Crippen molar-refractivity contribution in [3.63, 3.8) is 0 Å². The van der Waals surface area contributed by atoms with Crippen LogP contribution >= 0.6 is 0 Å². The molecule has 0 spiro atoms. The maximum Gasteiger partial charge on any atom is 0.291 e. The molecule has 0 unspecified atom stereocenters. The fourth-order valence-electron chi connectivity index (χ4n) is 2.71. The van der Waals surface area contributed by atoms with Crippen LogP contribution in [0.2, 0.25) is 0 Å². The zero-order chi connectivity index (χ0) is 18.7. The Kier molecular flexibility index (Phi) is 9.85. The Hall–Kier alpha value is -1.88. The van der Waals surface area contributed by atoms with Crippen LogP contribution in [0.15, 0.2) is 29.3 Å². The van der Waals surface area contributed by atoms with E-state index in [9.17, 15) is 4.79 Å². The molecule has 0 aliphatic carbocycles. The van der Waals surface area contributed by atoms with Gasteiger partial charge in [0.25, 0.3) is 11.9 Å². The molecule has 0 saturated carbocycles. The Bertz CT molecular complexity index is 554. The fourth-order valence-corrected chi connectivity index (χ4v) is 2.71. The van der Waals surface area contributed by atoms with E-state index in [4.69, 9.17) is 4.74 Å². The summed E-state index contributed by atoms with van der Waals surface area (Å²) < 4.78 is 5.52. The van der Waals surface area contributed by atoms with Crippen molar-refractivity contribution in [3.8, 4) is 0 Å². The number of carbonyl (C=O) groups is 1. The molecule has 0 aromatic heterocycles. The number of quaternary nitrogens is 1. The normalized spacial score (nSPS) is 13.0. The largest absolute Gasteiger partial charge is 0.465 e. The lowest BCUT2D eigenvalue weighted by Gasteiger charge is -2.16. The van der Waals surface area contributed by atoms with Gasteiger partial charge >= 0.3 is 0 Å². The maximum absolute atomic E-state index is 12.4. The van der Waals surface area contributed by atoms with Gasteiger partial charge in [-0.05, 0) is 59.6 Å². The number of amidine groups is 1. The van der Waals surface area contributed by atoms with Crippen LogP contribution in [0.3, 0.4) is 0 Å². The predicted molar refractivity (Wildman–Crippen MR) is 103 cm³/mol. The minimum Gasteiger partial charge on any atom is -0.465 e. The first-order chi connectivity index (χ1) is 12.0. The Morgan fingerprint density at radius 2 is 2.00 bits per heavy atom. The summed E-state index contributed by atoms with van der Waals surface area (Å²) in [5.41, 5.74) is 1.67. The number of amides is 1. The van der Waals surface area contributed by atoms with Crippen LogP contribution in [0.1, 0.15) is 56.5 Å². The molecule has 1 atom stereocenters. The van der Waals surface area contributed by atoms with E-state index >= 15 is 0 Å². The third kappa shape index (κ3) is 8.16. The van der Waals surface area contributed by atoms with Gasteiger partial charge in [0.1, 0.15) is 0 Å². The van der Waals surface area contributed by atoms with Crippen molar-refractivity contribution < 1.29 is 14.4 Å². The summed E-state index contributed by atoms with van der Waals surface area (Å²) in [5.74, 6) is -0.185. The van der Waals surface area contributed by atoms with Gasteiger partial charge < -0.3 is 9.64 Å². The predicted octanol–water partition coefficient (Wildman–Crippen LogP) is 2.21. The summed E-state index contributed by atoms with van der Waals surface area (Å²) in [4.78, 5) is 18.5. The van der Waals surface area contributed by atoms with Gasteiger partial charge in [-0.15, -0.1) is 0 Å². The summed E-state index contributed by atoms with van der Waals surface area (Å²) in [5, 5.41) is 2.80. The number of benzene rings is 1. The monoisotopic (exact) mass is 348 g/mol. The number of hydrogen-bond acceptors (Lipinski definition) is 3. The zero-order valence-electron chi connectivity index (χ0n) is 16.4. The van der Waals surface area contributed by atoms with E-state index in [2.05, 4.69) is 31.1 Å². The number of nitrogens with zero attached hydrogens (tertiary/aromatic N) is 1. The van der Waals surface area contributed by atoms with Gasteiger partial charge in [0, 0.05) is 5.56 Å². The number of rotatable bonds is 9. The number of aryl methyl sites for hydroxylation is 1. The molecular formula is C20H34N3O2+. The van der Waals surface area contributed by atoms with Crippen LogP contribution in [0.25, 0.3) is 0 Å². The number of ether oxygens (including phenoxy) is 1. The summed E-state index contributed by atoms with van der Waals surface area (Å²) in [6, 6.07) is 7.93. The van der Waals surface area contributed by atoms with E-state index in [0.29, 0.717) is 18.2 Å². The van der Waals surface area contributed by atoms with Gasteiger partial charge in [-0.1, -0.05) is 17.7 Å². The first-order valence-corrected chi connectivity index (χ1v) is 9.42. The Balaban J connectivity index is 2.61. The van der Waals surface area contributed by atoms with Gasteiger partial charge in [-0.25, -0.2) is 4.99 Å². The van der Waals surface area contributed by atoms with Crippen LogP contribution < -0.4 is 10.2 Å². The van der Waals surface area contributed by atoms with Crippen molar-refractivity contribution in [3.05, 3.63) is 35.4 Å². The van der Waals surface area contributed by atoms with Gasteiger partial charge in [0.05, 0.1) is 32.3 Å². The second-order valence-electron chi connectivity index (χ2n) is 6.39. The SMILES string of the molecule is CCOC(=N[C@H](C)CCC[NH+](CC)CC)NC(=O)c1cccc(C)c1. The van der Waals surface area contributed by atoms with E-state index in [1.54, 1.807) is 11.0 Å². The lowest BCUT2D eigenvalue weighted by molar-refractivity contribution is -0.896. The summed E-state index contributed by atoms with van der Waals surface area (Å²) in [6.45, 7) is 14.3. The highest BCUT2D eigenvalue weighted by molar-refractivity contribution is 6.04. The summed E-state index contributed by atoms with van der Waals surface area (Å²) in [6.07, 6.45) is 2.10. The summed E-state index contributed by atoms with van der Waals surface area (Å²) in [7, 11) is 0. The highest BCUT2D eigenvalue weighted by Crippen LogP contribution is 2.05. The van der Waals surface area contributed by atoms with Crippen molar-refractivity contribution in [1.29, 1.82) is 0 Å². The average Bonchev–Trinajstić information content (AvgIpc) is 2.59. The molecule has 2 N–H and O–H groups in total. The molecule has 5 heteroatoms. The van der Waals surface area contributed by atoms with Gasteiger partial charge in [0.15, 0.2) is 0 Å². The number of aliphatic imine (C=N–C) groups is 1. The van der Waals surface area contributed by atoms with Crippen LogP contribution in [0.5, 0.6) is 0 Å². The van der Waals surface area contributed by atoms with E-state index in [1.807, 2.05) is 32.0 Å². The molecule has 1 amide bonds. The van der Waals surface area contributed by atoms with Crippen LogP contribution in [0.4, 0.5) is 0 Å². The van der Waals surface area contributed by atoms with Crippen LogP contribution in [-0.4, -0.2) is 44.2 Å². The second-order valence-corrected chi connectivity index (χ2v) is 6.39. The molecule has 1 aromatic rings. The number of hydrogen-bond donors (Lipinski definition) is 2. The molecule has 0 radical (unpaired) electrons. The third-order valence-corrected chi connectivity index (χ3v) is 4.27. The van der Waals surface area contributed by atoms with Crippen molar-refractivity contribution in [2.45, 2.75) is 53.5 Å². The lowest BCUT2D eigenvalue weighted by Crippen LogP contribution is -3.11. The van der Waals surface area contributed by atoms with E-state index in [0.717, 1.165) is 38.0 Å². The first-order valence-electron chi connectivity index (χ1n) is 9.42. The highest BCUT2D eigenvalue weighted by atomic mass is 16.5. The molecule has 1 aromatic carbocycles.